The van der Waals surface area contributed by atoms with Gasteiger partial charge in [-0.15, -0.1) is 0 Å². The number of hydrogen-bond acceptors (Lipinski definition) is 4. The lowest BCUT2D eigenvalue weighted by molar-refractivity contribution is -0.150. The first kappa shape index (κ1) is 33.5. The molecule has 3 atom stereocenters. The van der Waals surface area contributed by atoms with E-state index in [1.807, 2.05) is 66.7 Å². The van der Waals surface area contributed by atoms with Crippen molar-refractivity contribution in [1.82, 2.24) is 15.5 Å². The largest absolute Gasteiger partial charge is 0.444 e. The number of hydrogen-bond donors (Lipinski definition) is 2. The highest BCUT2D eigenvalue weighted by Crippen LogP contribution is 2.34. The minimum absolute atomic E-state index is 0.168. The quantitative estimate of drug-likeness (QED) is 0.280. The van der Waals surface area contributed by atoms with Crippen LogP contribution in [0.4, 0.5) is 4.79 Å². The van der Waals surface area contributed by atoms with Crippen LogP contribution in [0.3, 0.4) is 0 Å². The van der Waals surface area contributed by atoms with Crippen LogP contribution in [0.5, 0.6) is 0 Å². The zero-order valence-electron chi connectivity index (χ0n) is 25.8. The molecule has 0 aromatic heterocycles. The van der Waals surface area contributed by atoms with Crippen LogP contribution in [0.2, 0.25) is 0 Å². The third-order valence-electron chi connectivity index (χ3n) is 7.34. The molecule has 0 aliphatic heterocycles. The fraction of sp³-hybridized carbons (Fsp3) is 0.710. The highest BCUT2D eigenvalue weighted by atomic mass is 16.6. The van der Waals surface area contributed by atoms with E-state index in [9.17, 15) is 14.4 Å². The molecule has 1 aromatic rings. The van der Waals surface area contributed by atoms with Crippen molar-refractivity contribution < 1.29 is 19.1 Å². The van der Waals surface area contributed by atoms with Gasteiger partial charge in [0, 0.05) is 12.1 Å². The molecule has 3 amide bonds. The van der Waals surface area contributed by atoms with E-state index >= 15 is 0 Å². The molecule has 0 spiro atoms. The predicted molar refractivity (Wildman–Crippen MR) is 155 cm³/mol. The molecule has 0 aliphatic carbocycles. The smallest absolute Gasteiger partial charge is 0.408 e. The van der Waals surface area contributed by atoms with Gasteiger partial charge in [0.25, 0.3) is 0 Å². The summed E-state index contributed by atoms with van der Waals surface area (Å²) in [6, 6.07) is 4.24. The Kier molecular flexibility index (Phi) is 12.8. The van der Waals surface area contributed by atoms with Crippen LogP contribution in [0, 0.1) is 19.8 Å². The standard InChI is InChI=1S/C31H53N3O4/c1-12-15-16-19-32-27(35)26(24-18-17-22(5)23(6)20-24)34(31(10,11)14-3)28(36)25(21(4)13-2)33-29(37)38-30(7,8)9/h17-18,20-21,25-26H,12-16,19H2,1-11H3,(H,32,35)(H,33,37). The van der Waals surface area contributed by atoms with Crippen LogP contribution in [0.1, 0.15) is 117 Å². The van der Waals surface area contributed by atoms with Crippen LogP contribution < -0.4 is 10.6 Å². The number of nitrogens with one attached hydrogen (secondary N) is 2. The Labute approximate surface area is 231 Å². The molecule has 0 aliphatic rings. The molecule has 7 nitrogen and oxygen atoms in total. The van der Waals surface area contributed by atoms with Gasteiger partial charge in [0.05, 0.1) is 0 Å². The second kappa shape index (κ2) is 14.5. The molecule has 0 fully saturated rings. The number of amides is 3. The van der Waals surface area contributed by atoms with Crippen molar-refractivity contribution in [3.63, 3.8) is 0 Å². The summed E-state index contributed by atoms with van der Waals surface area (Å²) in [4.78, 5) is 42.8. The lowest BCUT2D eigenvalue weighted by atomic mass is 9.89. The van der Waals surface area contributed by atoms with Gasteiger partial charge < -0.3 is 20.3 Å². The van der Waals surface area contributed by atoms with E-state index in [1.165, 1.54) is 0 Å². The maximum atomic E-state index is 14.5. The number of rotatable bonds is 13. The summed E-state index contributed by atoms with van der Waals surface area (Å²) in [5.74, 6) is -0.665. The van der Waals surface area contributed by atoms with E-state index < -0.39 is 29.3 Å². The average Bonchev–Trinajstić information content (AvgIpc) is 2.83. The van der Waals surface area contributed by atoms with Crippen LogP contribution in [-0.4, -0.2) is 46.5 Å². The molecule has 0 saturated carbocycles. The Balaban J connectivity index is 3.65. The second-order valence-corrected chi connectivity index (χ2v) is 12.1. The molecule has 0 bridgehead atoms. The molecular formula is C31H53N3O4. The summed E-state index contributed by atoms with van der Waals surface area (Å²) < 4.78 is 5.50. The van der Waals surface area contributed by atoms with E-state index in [0.29, 0.717) is 19.4 Å². The van der Waals surface area contributed by atoms with Gasteiger partial charge in [-0.1, -0.05) is 65.2 Å². The normalized spacial score (nSPS) is 14.3. The highest BCUT2D eigenvalue weighted by Gasteiger charge is 2.44. The number of nitrogens with zero attached hydrogens (tertiary/aromatic N) is 1. The van der Waals surface area contributed by atoms with Crippen molar-refractivity contribution in [3.8, 4) is 0 Å². The minimum Gasteiger partial charge on any atom is -0.444 e. The van der Waals surface area contributed by atoms with E-state index in [4.69, 9.17) is 4.74 Å². The molecule has 2 N–H and O–H groups in total. The zero-order valence-corrected chi connectivity index (χ0v) is 25.8. The van der Waals surface area contributed by atoms with Crippen LogP contribution >= 0.6 is 0 Å². The van der Waals surface area contributed by atoms with Gasteiger partial charge in [0.2, 0.25) is 11.8 Å². The molecular weight excluding hydrogens is 478 g/mol. The predicted octanol–water partition coefficient (Wildman–Crippen LogP) is 6.61. The molecule has 38 heavy (non-hydrogen) atoms. The lowest BCUT2D eigenvalue weighted by Crippen LogP contribution is -2.60. The first-order valence-corrected chi connectivity index (χ1v) is 14.3. The average molecular weight is 532 g/mol. The van der Waals surface area contributed by atoms with Crippen molar-refractivity contribution >= 4 is 17.9 Å². The molecule has 0 saturated heterocycles. The lowest BCUT2D eigenvalue weighted by Gasteiger charge is -2.45. The van der Waals surface area contributed by atoms with E-state index in [1.54, 1.807) is 25.7 Å². The third-order valence-corrected chi connectivity index (χ3v) is 7.34. The fourth-order valence-electron chi connectivity index (χ4n) is 4.25. The Bertz CT molecular complexity index is 936. The topological polar surface area (TPSA) is 87.7 Å². The summed E-state index contributed by atoms with van der Waals surface area (Å²) in [5, 5.41) is 5.93. The van der Waals surface area contributed by atoms with Gasteiger partial charge in [0.1, 0.15) is 17.7 Å². The van der Waals surface area contributed by atoms with Crippen molar-refractivity contribution in [3.05, 3.63) is 34.9 Å². The molecule has 7 heteroatoms. The van der Waals surface area contributed by atoms with Gasteiger partial charge >= 0.3 is 6.09 Å². The summed E-state index contributed by atoms with van der Waals surface area (Å²) in [5.41, 5.74) is 1.57. The molecule has 3 unspecified atom stereocenters. The molecule has 0 radical (unpaired) electrons. The maximum absolute atomic E-state index is 14.5. The minimum atomic E-state index is -0.845. The van der Waals surface area contributed by atoms with Gasteiger partial charge in [-0.05, 0) is 83.9 Å². The van der Waals surface area contributed by atoms with Crippen LogP contribution in [-0.2, 0) is 14.3 Å². The Morgan fingerprint density at radius 3 is 2.11 bits per heavy atom. The van der Waals surface area contributed by atoms with Crippen LogP contribution in [0.25, 0.3) is 0 Å². The summed E-state index contributed by atoms with van der Waals surface area (Å²) in [6.07, 6.45) is 3.61. The van der Waals surface area contributed by atoms with Gasteiger partial charge in [0.15, 0.2) is 0 Å². The van der Waals surface area contributed by atoms with Crippen molar-refractivity contribution in [2.75, 3.05) is 6.54 Å². The third kappa shape index (κ3) is 9.63. The Hall–Kier alpha value is -2.57. The SMILES string of the molecule is CCCCCNC(=O)C(c1ccc(C)c(C)c1)N(C(=O)C(NC(=O)OC(C)(C)C)C(C)CC)C(C)(C)CC. The van der Waals surface area contributed by atoms with E-state index in [-0.39, 0.29) is 17.7 Å². The van der Waals surface area contributed by atoms with Crippen LogP contribution in [0.15, 0.2) is 18.2 Å². The zero-order chi connectivity index (χ0) is 29.3. The maximum Gasteiger partial charge on any atom is 0.408 e. The Morgan fingerprint density at radius 2 is 1.61 bits per heavy atom. The second-order valence-electron chi connectivity index (χ2n) is 12.1. The highest BCUT2D eigenvalue weighted by molar-refractivity contribution is 5.93. The number of ether oxygens (including phenoxy) is 1. The molecule has 1 aromatic carbocycles. The molecule has 216 valence electrons. The number of unbranched alkanes of at least 4 members (excludes halogenated alkanes) is 2. The van der Waals surface area contributed by atoms with Crippen molar-refractivity contribution in [2.45, 2.75) is 131 Å². The summed E-state index contributed by atoms with van der Waals surface area (Å²) in [7, 11) is 0. The first-order chi connectivity index (χ1) is 17.6. The van der Waals surface area contributed by atoms with Crippen molar-refractivity contribution in [1.29, 1.82) is 0 Å². The number of alkyl carbamates (subject to hydrolysis) is 1. The number of carbonyl (C=O) groups excluding carboxylic acids is 3. The van der Waals surface area contributed by atoms with Gasteiger partial charge in [-0.2, -0.15) is 0 Å². The van der Waals surface area contributed by atoms with Gasteiger partial charge in [-0.25, -0.2) is 4.79 Å². The van der Waals surface area contributed by atoms with E-state index in [2.05, 4.69) is 17.6 Å². The van der Waals surface area contributed by atoms with E-state index in [0.717, 1.165) is 36.0 Å². The summed E-state index contributed by atoms with van der Waals surface area (Å²) in [6.45, 7) is 22.0. The van der Waals surface area contributed by atoms with Gasteiger partial charge in [-0.3, -0.25) is 9.59 Å². The number of aryl methyl sites for hydroxylation is 2. The number of benzene rings is 1. The molecule has 0 heterocycles. The fourth-order valence-corrected chi connectivity index (χ4v) is 4.25. The first-order valence-electron chi connectivity index (χ1n) is 14.3. The molecule has 1 rings (SSSR count). The summed E-state index contributed by atoms with van der Waals surface area (Å²) >= 11 is 0. The number of carbonyl (C=O) groups is 3. The monoisotopic (exact) mass is 531 g/mol. The van der Waals surface area contributed by atoms with Crippen molar-refractivity contribution in [2.24, 2.45) is 5.92 Å². The Morgan fingerprint density at radius 1 is 0.974 bits per heavy atom.